The summed E-state index contributed by atoms with van der Waals surface area (Å²) in [6, 6.07) is 4.71. The highest BCUT2D eigenvalue weighted by molar-refractivity contribution is 5.72. The summed E-state index contributed by atoms with van der Waals surface area (Å²) in [5.41, 5.74) is 2.41. The molecule has 0 saturated heterocycles. The Bertz CT molecular complexity index is 697. The third-order valence-corrected chi connectivity index (χ3v) is 4.45. The number of carboxylic acid groups (broad SMARTS) is 1. The first-order valence-electron chi connectivity index (χ1n) is 8.21. The molecule has 0 amide bonds. The molecule has 0 aromatic carbocycles. The SMILES string of the molecule is CC[C@@H]1c2cccn2CCN1Cc1cnc(N(C)CC(=O)O)nc1. The molecule has 0 saturated carbocycles. The number of hydrogen-bond donors (Lipinski definition) is 1. The quantitative estimate of drug-likeness (QED) is 0.870. The van der Waals surface area contributed by atoms with Crippen LogP contribution in [-0.4, -0.2) is 50.6 Å². The minimum absolute atomic E-state index is 0.111. The molecule has 24 heavy (non-hydrogen) atoms. The van der Waals surface area contributed by atoms with E-state index in [0.717, 1.165) is 31.6 Å². The van der Waals surface area contributed by atoms with Gasteiger partial charge in [0.15, 0.2) is 0 Å². The van der Waals surface area contributed by atoms with Crippen molar-refractivity contribution in [2.24, 2.45) is 0 Å². The number of aliphatic carboxylic acids is 1. The second-order valence-corrected chi connectivity index (χ2v) is 6.16. The van der Waals surface area contributed by atoms with Crippen LogP contribution in [0, 0.1) is 0 Å². The van der Waals surface area contributed by atoms with Gasteiger partial charge in [0.1, 0.15) is 6.54 Å². The Balaban J connectivity index is 1.69. The van der Waals surface area contributed by atoms with Gasteiger partial charge in [0, 0.05) is 56.5 Å². The summed E-state index contributed by atoms with van der Waals surface area (Å²) in [7, 11) is 1.68. The van der Waals surface area contributed by atoms with Crippen molar-refractivity contribution in [3.63, 3.8) is 0 Å². The highest BCUT2D eigenvalue weighted by Crippen LogP contribution is 2.29. The van der Waals surface area contributed by atoms with Crippen LogP contribution in [0.15, 0.2) is 30.7 Å². The van der Waals surface area contributed by atoms with Crippen LogP contribution in [0.3, 0.4) is 0 Å². The highest BCUT2D eigenvalue weighted by Gasteiger charge is 2.25. The van der Waals surface area contributed by atoms with Gasteiger partial charge in [-0.05, 0) is 18.6 Å². The van der Waals surface area contributed by atoms with E-state index in [-0.39, 0.29) is 6.54 Å². The Morgan fingerprint density at radius 3 is 2.79 bits per heavy atom. The maximum atomic E-state index is 10.8. The molecular weight excluding hydrogens is 306 g/mol. The fourth-order valence-corrected chi connectivity index (χ4v) is 3.30. The number of aromatic nitrogens is 3. The summed E-state index contributed by atoms with van der Waals surface area (Å²) in [5, 5.41) is 8.83. The maximum absolute atomic E-state index is 10.8. The van der Waals surface area contributed by atoms with Crippen molar-refractivity contribution in [1.82, 2.24) is 19.4 Å². The van der Waals surface area contributed by atoms with E-state index in [1.807, 2.05) is 0 Å². The Kier molecular flexibility index (Phi) is 4.80. The lowest BCUT2D eigenvalue weighted by atomic mass is 10.1. The summed E-state index contributed by atoms with van der Waals surface area (Å²) < 4.78 is 2.32. The zero-order valence-electron chi connectivity index (χ0n) is 14.1. The van der Waals surface area contributed by atoms with Gasteiger partial charge in [-0.1, -0.05) is 6.92 Å². The minimum Gasteiger partial charge on any atom is -0.480 e. The monoisotopic (exact) mass is 329 g/mol. The summed E-state index contributed by atoms with van der Waals surface area (Å²) in [4.78, 5) is 23.3. The van der Waals surface area contributed by atoms with Crippen molar-refractivity contribution >= 4 is 11.9 Å². The number of carboxylic acids is 1. The van der Waals surface area contributed by atoms with E-state index in [4.69, 9.17) is 5.11 Å². The van der Waals surface area contributed by atoms with E-state index in [9.17, 15) is 4.79 Å². The lowest BCUT2D eigenvalue weighted by Gasteiger charge is -2.36. The molecular formula is C17H23N5O2. The van der Waals surface area contributed by atoms with Gasteiger partial charge in [0.05, 0.1) is 6.04 Å². The van der Waals surface area contributed by atoms with Gasteiger partial charge in [-0.3, -0.25) is 9.69 Å². The van der Waals surface area contributed by atoms with E-state index in [1.54, 1.807) is 19.4 Å². The fraction of sp³-hybridized carbons (Fsp3) is 0.471. The van der Waals surface area contributed by atoms with Crippen LogP contribution < -0.4 is 4.90 Å². The molecule has 3 heterocycles. The highest BCUT2D eigenvalue weighted by atomic mass is 16.4. The Hall–Kier alpha value is -2.41. The van der Waals surface area contributed by atoms with E-state index in [1.165, 1.54) is 10.6 Å². The molecule has 7 heteroatoms. The molecule has 1 aliphatic rings. The van der Waals surface area contributed by atoms with E-state index in [2.05, 4.69) is 44.7 Å². The van der Waals surface area contributed by atoms with Gasteiger partial charge < -0.3 is 14.6 Å². The van der Waals surface area contributed by atoms with Crippen LogP contribution in [-0.2, 0) is 17.9 Å². The largest absolute Gasteiger partial charge is 0.480 e. The number of carbonyl (C=O) groups is 1. The molecule has 2 aromatic heterocycles. The Labute approximate surface area is 141 Å². The second kappa shape index (κ2) is 7.00. The first-order chi connectivity index (χ1) is 11.6. The number of anilines is 1. The molecule has 1 aliphatic heterocycles. The number of rotatable bonds is 6. The van der Waals surface area contributed by atoms with Gasteiger partial charge in [0.25, 0.3) is 0 Å². The van der Waals surface area contributed by atoms with Crippen molar-refractivity contribution in [3.8, 4) is 0 Å². The summed E-state index contributed by atoms with van der Waals surface area (Å²) in [6.45, 7) is 4.90. The molecule has 3 rings (SSSR count). The normalized spacial score (nSPS) is 17.5. The smallest absolute Gasteiger partial charge is 0.323 e. The van der Waals surface area contributed by atoms with Crippen LogP contribution in [0.4, 0.5) is 5.95 Å². The van der Waals surface area contributed by atoms with Crippen molar-refractivity contribution < 1.29 is 9.90 Å². The molecule has 0 radical (unpaired) electrons. The van der Waals surface area contributed by atoms with Crippen molar-refractivity contribution in [2.75, 3.05) is 25.0 Å². The lowest BCUT2D eigenvalue weighted by Crippen LogP contribution is -2.37. The Morgan fingerprint density at radius 1 is 1.38 bits per heavy atom. The molecule has 1 N–H and O–H groups in total. The third kappa shape index (κ3) is 3.41. The van der Waals surface area contributed by atoms with Gasteiger partial charge in [-0.2, -0.15) is 0 Å². The predicted molar refractivity (Wildman–Crippen MR) is 90.8 cm³/mol. The molecule has 128 valence electrons. The summed E-state index contributed by atoms with van der Waals surface area (Å²) >= 11 is 0. The number of fused-ring (bicyclic) bond motifs is 1. The maximum Gasteiger partial charge on any atom is 0.323 e. The van der Waals surface area contributed by atoms with Crippen LogP contribution >= 0.6 is 0 Å². The molecule has 7 nitrogen and oxygen atoms in total. The minimum atomic E-state index is -0.896. The van der Waals surface area contributed by atoms with E-state index >= 15 is 0 Å². The third-order valence-electron chi connectivity index (χ3n) is 4.45. The number of likely N-dealkylation sites (N-methyl/N-ethyl adjacent to an activating group) is 1. The molecule has 0 aliphatic carbocycles. The molecule has 0 bridgehead atoms. The summed E-state index contributed by atoms with van der Waals surface area (Å²) in [6.07, 6.45) is 6.79. The molecule has 0 spiro atoms. The Morgan fingerprint density at radius 2 is 2.12 bits per heavy atom. The fourth-order valence-electron chi connectivity index (χ4n) is 3.30. The van der Waals surface area contributed by atoms with Gasteiger partial charge >= 0.3 is 5.97 Å². The zero-order chi connectivity index (χ0) is 17.1. The first-order valence-corrected chi connectivity index (χ1v) is 8.21. The standard InChI is InChI=1S/C17H23N5O2/c1-3-14-15-5-4-6-21(15)7-8-22(14)11-13-9-18-17(19-10-13)20(2)12-16(23)24/h4-6,9-10,14H,3,7-8,11-12H2,1-2H3,(H,23,24)/t14-/m1/s1. The summed E-state index contributed by atoms with van der Waals surface area (Å²) in [5.74, 6) is -0.465. The van der Waals surface area contributed by atoms with E-state index in [0.29, 0.717) is 12.0 Å². The van der Waals surface area contributed by atoms with Gasteiger partial charge in [0.2, 0.25) is 5.95 Å². The van der Waals surface area contributed by atoms with Crippen molar-refractivity contribution in [1.29, 1.82) is 0 Å². The zero-order valence-corrected chi connectivity index (χ0v) is 14.1. The number of hydrogen-bond acceptors (Lipinski definition) is 5. The van der Waals surface area contributed by atoms with Gasteiger partial charge in [-0.25, -0.2) is 9.97 Å². The van der Waals surface area contributed by atoms with Crippen LogP contribution in [0.1, 0.15) is 30.6 Å². The molecule has 1 atom stereocenters. The number of nitrogens with zero attached hydrogens (tertiary/aromatic N) is 5. The van der Waals surface area contributed by atoms with Gasteiger partial charge in [-0.15, -0.1) is 0 Å². The topological polar surface area (TPSA) is 74.5 Å². The lowest BCUT2D eigenvalue weighted by molar-refractivity contribution is -0.135. The van der Waals surface area contributed by atoms with Crippen molar-refractivity contribution in [2.45, 2.75) is 32.5 Å². The molecule has 0 fully saturated rings. The second-order valence-electron chi connectivity index (χ2n) is 6.16. The average molecular weight is 329 g/mol. The average Bonchev–Trinajstić information content (AvgIpc) is 3.03. The predicted octanol–water partition coefficient (Wildman–Crippen LogP) is 1.77. The van der Waals surface area contributed by atoms with Crippen LogP contribution in [0.2, 0.25) is 0 Å². The van der Waals surface area contributed by atoms with Crippen molar-refractivity contribution in [3.05, 3.63) is 42.0 Å². The first kappa shape index (κ1) is 16.4. The van der Waals surface area contributed by atoms with Crippen LogP contribution in [0.5, 0.6) is 0 Å². The molecule has 0 unspecified atom stereocenters. The van der Waals surface area contributed by atoms with E-state index < -0.39 is 5.97 Å². The van der Waals surface area contributed by atoms with Crippen LogP contribution in [0.25, 0.3) is 0 Å². The molecule has 2 aromatic rings.